The van der Waals surface area contributed by atoms with Gasteiger partial charge in [0.05, 0.1) is 0 Å². The van der Waals surface area contributed by atoms with Gasteiger partial charge in [0.25, 0.3) is 0 Å². The number of rotatable bonds is 5. The number of ether oxygens (including phenoxy) is 1. The van der Waals surface area contributed by atoms with Crippen LogP contribution >= 0.6 is 11.3 Å². The van der Waals surface area contributed by atoms with Crippen LogP contribution in [0.4, 0.5) is 0 Å². The Bertz CT molecular complexity index is 436. The topological polar surface area (TPSA) is 89.6 Å². The van der Waals surface area contributed by atoms with Crippen LogP contribution in [0.1, 0.15) is 25.6 Å². The summed E-state index contributed by atoms with van der Waals surface area (Å²) in [5, 5.41) is 11.0. The molecule has 1 aromatic rings. The molecule has 0 aliphatic heterocycles. The second-order valence-corrected chi connectivity index (χ2v) is 6.33. The minimum absolute atomic E-state index is 0.341. The predicted molar refractivity (Wildman–Crippen MR) is 73.0 cm³/mol. The lowest BCUT2D eigenvalue weighted by molar-refractivity contribution is -0.167. The number of carbonyl (C=O) groups is 2. The molecular weight excluding hydrogens is 266 g/mol. The Morgan fingerprint density at radius 3 is 2.53 bits per heavy atom. The van der Waals surface area contributed by atoms with Crippen LogP contribution in [0.25, 0.3) is 0 Å². The molecular formula is C13H19NO4S. The Morgan fingerprint density at radius 1 is 1.47 bits per heavy atom. The average molecular weight is 285 g/mol. The highest BCUT2D eigenvalue weighted by atomic mass is 32.1. The van der Waals surface area contributed by atoms with Gasteiger partial charge in [-0.05, 0) is 38.6 Å². The molecule has 0 radical (unpaired) electrons. The number of hydrogen-bond acceptors (Lipinski definition) is 5. The van der Waals surface area contributed by atoms with Crippen LogP contribution in [0.15, 0.2) is 17.5 Å². The van der Waals surface area contributed by atoms with E-state index >= 15 is 0 Å². The maximum atomic E-state index is 11.9. The highest BCUT2D eigenvalue weighted by molar-refractivity contribution is 7.09. The van der Waals surface area contributed by atoms with Crippen LogP contribution in [0, 0.1) is 5.92 Å². The van der Waals surface area contributed by atoms with Crippen LogP contribution in [-0.2, 0) is 20.7 Å². The summed E-state index contributed by atoms with van der Waals surface area (Å²) >= 11 is 1.48. The van der Waals surface area contributed by atoms with E-state index in [1.807, 2.05) is 17.5 Å². The van der Waals surface area contributed by atoms with Crippen LogP contribution in [-0.4, -0.2) is 28.7 Å². The molecule has 0 aromatic carbocycles. The summed E-state index contributed by atoms with van der Waals surface area (Å²) in [7, 11) is 0. The number of carboxylic acid groups (broad SMARTS) is 1. The van der Waals surface area contributed by atoms with Gasteiger partial charge in [-0.25, -0.2) is 0 Å². The normalized spacial score (nSPS) is 14.7. The number of nitrogens with two attached hydrogens (primary N) is 1. The average Bonchev–Trinajstić information content (AvgIpc) is 2.66. The number of carbonyl (C=O) groups excluding carboxylic acids is 1. The predicted octanol–water partition coefficient (Wildman–Crippen LogP) is 1.66. The summed E-state index contributed by atoms with van der Waals surface area (Å²) < 4.78 is 5.11. The summed E-state index contributed by atoms with van der Waals surface area (Å²) in [5.41, 5.74) is 5.13. The first-order valence-electron chi connectivity index (χ1n) is 5.94. The van der Waals surface area contributed by atoms with Gasteiger partial charge < -0.3 is 15.6 Å². The number of esters is 1. The first kappa shape index (κ1) is 15.7. The second kappa shape index (κ2) is 6.16. The number of aliphatic carboxylic acids is 1. The molecule has 19 heavy (non-hydrogen) atoms. The minimum atomic E-state index is -1.35. The number of hydrogen-bond donors (Lipinski definition) is 2. The molecule has 1 rings (SSSR count). The van der Waals surface area contributed by atoms with E-state index in [1.165, 1.54) is 11.3 Å². The van der Waals surface area contributed by atoms with E-state index in [4.69, 9.17) is 15.6 Å². The number of thiophene rings is 1. The quantitative estimate of drug-likeness (QED) is 0.634. The van der Waals surface area contributed by atoms with Crippen molar-refractivity contribution >= 4 is 23.3 Å². The monoisotopic (exact) mass is 285 g/mol. The van der Waals surface area contributed by atoms with E-state index in [-0.39, 0.29) is 0 Å². The Kier molecular flexibility index (Phi) is 5.08. The molecule has 0 unspecified atom stereocenters. The van der Waals surface area contributed by atoms with Crippen molar-refractivity contribution in [2.75, 3.05) is 0 Å². The van der Waals surface area contributed by atoms with Gasteiger partial charge in [0.1, 0.15) is 5.60 Å². The van der Waals surface area contributed by atoms with E-state index in [1.54, 1.807) is 20.8 Å². The third-order valence-corrected chi connectivity index (χ3v) is 3.27. The van der Waals surface area contributed by atoms with Gasteiger partial charge in [-0.3, -0.25) is 9.59 Å². The summed E-state index contributed by atoms with van der Waals surface area (Å²) in [6.07, 6.45) is 0.341. The highest BCUT2D eigenvalue weighted by Crippen LogP contribution is 2.18. The molecule has 0 aliphatic carbocycles. The van der Waals surface area contributed by atoms with E-state index in [9.17, 15) is 9.59 Å². The van der Waals surface area contributed by atoms with Crippen molar-refractivity contribution in [3.63, 3.8) is 0 Å². The molecule has 0 spiro atoms. The lowest BCUT2D eigenvalue weighted by Crippen LogP contribution is -2.45. The lowest BCUT2D eigenvalue weighted by Gasteiger charge is -2.24. The molecule has 2 atom stereocenters. The summed E-state index contributed by atoms with van der Waals surface area (Å²) in [5.74, 6) is -3.39. The number of carboxylic acids is 1. The molecule has 0 saturated carbocycles. The first-order chi connectivity index (χ1) is 8.70. The van der Waals surface area contributed by atoms with Crippen LogP contribution in [0.5, 0.6) is 0 Å². The van der Waals surface area contributed by atoms with Gasteiger partial charge in [0.2, 0.25) is 0 Å². The van der Waals surface area contributed by atoms with Gasteiger partial charge in [-0.2, -0.15) is 0 Å². The summed E-state index contributed by atoms with van der Waals surface area (Å²) in [6, 6.07) is 2.92. The molecule has 0 aliphatic rings. The van der Waals surface area contributed by atoms with Crippen molar-refractivity contribution in [3.8, 4) is 0 Å². The fourth-order valence-electron chi connectivity index (χ4n) is 1.60. The van der Waals surface area contributed by atoms with Gasteiger partial charge >= 0.3 is 11.9 Å². The zero-order chi connectivity index (χ0) is 14.6. The molecule has 1 aromatic heterocycles. The molecule has 0 bridgehead atoms. The molecule has 5 nitrogen and oxygen atoms in total. The first-order valence-corrected chi connectivity index (χ1v) is 6.82. The Balaban J connectivity index is 2.76. The smallest absolute Gasteiger partial charge is 0.322 e. The van der Waals surface area contributed by atoms with Crippen molar-refractivity contribution in [1.82, 2.24) is 0 Å². The molecule has 6 heteroatoms. The molecule has 3 N–H and O–H groups in total. The summed E-state index contributed by atoms with van der Waals surface area (Å²) in [6.45, 7) is 5.07. The molecule has 0 saturated heterocycles. The van der Waals surface area contributed by atoms with Crippen molar-refractivity contribution in [3.05, 3.63) is 22.4 Å². The maximum absolute atomic E-state index is 11.9. The molecule has 0 amide bonds. The zero-order valence-corrected chi connectivity index (χ0v) is 12.1. The fourth-order valence-corrected chi connectivity index (χ4v) is 2.38. The van der Waals surface area contributed by atoms with Crippen molar-refractivity contribution < 1.29 is 19.4 Å². The molecule has 1 heterocycles. The van der Waals surface area contributed by atoms with Crippen LogP contribution in [0.2, 0.25) is 0 Å². The third kappa shape index (κ3) is 5.00. The van der Waals surface area contributed by atoms with Crippen molar-refractivity contribution in [1.29, 1.82) is 0 Å². The van der Waals surface area contributed by atoms with E-state index in [2.05, 4.69) is 0 Å². The Labute approximate surface area is 116 Å². The maximum Gasteiger partial charge on any atom is 0.322 e. The standard InChI is InChI=1S/C13H19NO4S/c1-13(2,3)18-12(17)10(11(15)16)9(14)7-8-5-4-6-19-8/h4-6,9-10H,7,14H2,1-3H3,(H,15,16)/t9-,10-/m0/s1. The zero-order valence-electron chi connectivity index (χ0n) is 11.3. The van der Waals surface area contributed by atoms with Crippen LogP contribution in [0.3, 0.4) is 0 Å². The van der Waals surface area contributed by atoms with E-state index in [0.717, 1.165) is 4.88 Å². The largest absolute Gasteiger partial charge is 0.481 e. The van der Waals surface area contributed by atoms with Gasteiger partial charge in [-0.1, -0.05) is 6.07 Å². The van der Waals surface area contributed by atoms with E-state index in [0.29, 0.717) is 6.42 Å². The highest BCUT2D eigenvalue weighted by Gasteiger charge is 2.36. The van der Waals surface area contributed by atoms with Gasteiger partial charge in [0, 0.05) is 10.9 Å². The van der Waals surface area contributed by atoms with Crippen LogP contribution < -0.4 is 5.73 Å². The second-order valence-electron chi connectivity index (χ2n) is 5.30. The lowest BCUT2D eigenvalue weighted by atomic mass is 9.97. The van der Waals surface area contributed by atoms with Crippen molar-refractivity contribution in [2.24, 2.45) is 11.7 Å². The Hall–Kier alpha value is -1.40. The Morgan fingerprint density at radius 2 is 2.11 bits per heavy atom. The molecule has 0 fully saturated rings. The fraction of sp³-hybridized carbons (Fsp3) is 0.538. The molecule has 106 valence electrons. The SMILES string of the molecule is CC(C)(C)OC(=O)[C@H](C(=O)O)[C@@H](N)Cc1cccs1. The van der Waals surface area contributed by atoms with Gasteiger partial charge in [-0.15, -0.1) is 11.3 Å². The minimum Gasteiger partial charge on any atom is -0.481 e. The third-order valence-electron chi connectivity index (χ3n) is 2.37. The van der Waals surface area contributed by atoms with E-state index < -0.39 is 29.5 Å². The summed E-state index contributed by atoms with van der Waals surface area (Å²) in [4.78, 5) is 24.1. The van der Waals surface area contributed by atoms with Gasteiger partial charge in [0.15, 0.2) is 5.92 Å². The van der Waals surface area contributed by atoms with Crippen molar-refractivity contribution in [2.45, 2.75) is 38.8 Å².